The van der Waals surface area contributed by atoms with Gasteiger partial charge in [0.25, 0.3) is 0 Å². The minimum atomic E-state index is 0.557. The molecule has 0 aliphatic carbocycles. The number of hydrogen-bond acceptors (Lipinski definition) is 2. The molecule has 0 aromatic heterocycles. The predicted octanol–water partition coefficient (Wildman–Crippen LogP) is 2.57. The SMILES string of the molecule is CC(C)CCOc1ccc([C]=O)cc1. The van der Waals surface area contributed by atoms with Crippen molar-refractivity contribution in [3.8, 4) is 5.75 Å². The highest BCUT2D eigenvalue weighted by atomic mass is 16.5. The van der Waals surface area contributed by atoms with Crippen LogP contribution in [0.5, 0.6) is 5.75 Å². The molecule has 0 saturated carbocycles. The quantitative estimate of drug-likeness (QED) is 0.715. The van der Waals surface area contributed by atoms with Crippen LogP contribution in [0, 0.1) is 5.92 Å². The second-order valence-corrected chi connectivity index (χ2v) is 3.66. The van der Waals surface area contributed by atoms with E-state index in [1.54, 1.807) is 24.3 Å². The minimum Gasteiger partial charge on any atom is -0.494 e. The fourth-order valence-electron chi connectivity index (χ4n) is 1.03. The van der Waals surface area contributed by atoms with E-state index < -0.39 is 0 Å². The Morgan fingerprint density at radius 2 is 1.93 bits per heavy atom. The van der Waals surface area contributed by atoms with Gasteiger partial charge in [0.15, 0.2) is 0 Å². The number of hydrogen-bond donors (Lipinski definition) is 0. The van der Waals surface area contributed by atoms with Gasteiger partial charge in [0.2, 0.25) is 6.29 Å². The summed E-state index contributed by atoms with van der Waals surface area (Å²) in [6, 6.07) is 7.00. The van der Waals surface area contributed by atoms with Gasteiger partial charge in [0, 0.05) is 5.56 Å². The van der Waals surface area contributed by atoms with Crippen LogP contribution in [0.2, 0.25) is 0 Å². The van der Waals surface area contributed by atoms with Gasteiger partial charge < -0.3 is 4.74 Å². The lowest BCUT2D eigenvalue weighted by Gasteiger charge is -2.07. The monoisotopic (exact) mass is 191 g/mol. The summed E-state index contributed by atoms with van der Waals surface area (Å²) in [6.07, 6.45) is 2.87. The van der Waals surface area contributed by atoms with Crippen molar-refractivity contribution in [1.82, 2.24) is 0 Å². The molecule has 2 nitrogen and oxygen atoms in total. The molecular weight excluding hydrogens is 176 g/mol. The van der Waals surface area contributed by atoms with Crippen LogP contribution >= 0.6 is 0 Å². The lowest BCUT2D eigenvalue weighted by atomic mass is 10.1. The zero-order chi connectivity index (χ0) is 10.4. The third-order valence-electron chi connectivity index (χ3n) is 1.94. The summed E-state index contributed by atoms with van der Waals surface area (Å²) >= 11 is 0. The Morgan fingerprint density at radius 3 is 2.43 bits per heavy atom. The number of carbonyl (C=O) groups excluding carboxylic acids is 1. The van der Waals surface area contributed by atoms with Gasteiger partial charge in [-0.15, -0.1) is 0 Å². The van der Waals surface area contributed by atoms with E-state index in [2.05, 4.69) is 13.8 Å². The van der Waals surface area contributed by atoms with E-state index in [1.807, 2.05) is 6.29 Å². The van der Waals surface area contributed by atoms with Gasteiger partial charge in [-0.1, -0.05) is 13.8 Å². The second-order valence-electron chi connectivity index (χ2n) is 3.66. The molecule has 75 valence electrons. The van der Waals surface area contributed by atoms with Gasteiger partial charge in [-0.2, -0.15) is 0 Å². The maximum Gasteiger partial charge on any atom is 0.233 e. The molecule has 0 spiro atoms. The van der Waals surface area contributed by atoms with Crippen molar-refractivity contribution in [2.24, 2.45) is 5.92 Å². The normalized spacial score (nSPS) is 10.2. The molecule has 0 aliphatic heterocycles. The Labute approximate surface area is 84.9 Å². The summed E-state index contributed by atoms with van der Waals surface area (Å²) in [6.45, 7) is 5.05. The van der Waals surface area contributed by atoms with Crippen molar-refractivity contribution in [3.05, 3.63) is 29.8 Å². The fourth-order valence-corrected chi connectivity index (χ4v) is 1.03. The number of ether oxygens (including phenoxy) is 1. The van der Waals surface area contributed by atoms with E-state index in [0.29, 0.717) is 11.5 Å². The van der Waals surface area contributed by atoms with Crippen LogP contribution in [0.15, 0.2) is 24.3 Å². The molecule has 1 aromatic rings. The van der Waals surface area contributed by atoms with Crippen molar-refractivity contribution in [3.63, 3.8) is 0 Å². The minimum absolute atomic E-state index is 0.557. The highest BCUT2D eigenvalue weighted by Gasteiger charge is 1.97. The first-order valence-electron chi connectivity index (χ1n) is 4.83. The average molecular weight is 191 g/mol. The van der Waals surface area contributed by atoms with Crippen LogP contribution in [0.25, 0.3) is 0 Å². The molecule has 1 aromatic carbocycles. The zero-order valence-electron chi connectivity index (χ0n) is 8.62. The van der Waals surface area contributed by atoms with Gasteiger partial charge in [-0.3, -0.25) is 4.79 Å². The molecule has 0 bridgehead atoms. The van der Waals surface area contributed by atoms with E-state index in [4.69, 9.17) is 4.74 Å². The maximum atomic E-state index is 10.3. The first-order valence-corrected chi connectivity index (χ1v) is 4.83. The number of rotatable bonds is 5. The summed E-state index contributed by atoms with van der Waals surface area (Å²) in [7, 11) is 0. The Morgan fingerprint density at radius 1 is 1.29 bits per heavy atom. The van der Waals surface area contributed by atoms with E-state index in [-0.39, 0.29) is 0 Å². The third kappa shape index (κ3) is 3.60. The first-order chi connectivity index (χ1) is 6.72. The molecule has 0 heterocycles. The van der Waals surface area contributed by atoms with E-state index in [1.165, 1.54) is 0 Å². The Hall–Kier alpha value is -1.31. The Bertz CT molecular complexity index is 275. The Balaban J connectivity index is 2.40. The summed E-state index contributed by atoms with van der Waals surface area (Å²) in [4.78, 5) is 10.3. The van der Waals surface area contributed by atoms with Crippen LogP contribution in [-0.4, -0.2) is 12.9 Å². The van der Waals surface area contributed by atoms with Gasteiger partial charge in [0.1, 0.15) is 5.75 Å². The highest BCUT2D eigenvalue weighted by Crippen LogP contribution is 2.12. The van der Waals surface area contributed by atoms with Crippen LogP contribution in [0.4, 0.5) is 0 Å². The standard InChI is InChI=1S/C12H15O2/c1-10(2)7-8-14-12-5-3-11(9-13)4-6-12/h3-6,10H,7-8H2,1-2H3. The van der Waals surface area contributed by atoms with Crippen molar-refractivity contribution in [2.75, 3.05) is 6.61 Å². The molecule has 0 unspecified atom stereocenters. The summed E-state index contributed by atoms with van der Waals surface area (Å²) in [5.74, 6) is 1.46. The summed E-state index contributed by atoms with van der Waals surface area (Å²) in [5.41, 5.74) is 0.557. The Kier molecular flexibility index (Phi) is 4.17. The lowest BCUT2D eigenvalue weighted by Crippen LogP contribution is -2.01. The third-order valence-corrected chi connectivity index (χ3v) is 1.94. The molecule has 2 heteroatoms. The van der Waals surface area contributed by atoms with Crippen molar-refractivity contribution in [2.45, 2.75) is 20.3 Å². The lowest BCUT2D eigenvalue weighted by molar-refractivity contribution is 0.289. The molecule has 0 amide bonds. The zero-order valence-corrected chi connectivity index (χ0v) is 8.62. The molecule has 1 rings (SSSR count). The van der Waals surface area contributed by atoms with Crippen molar-refractivity contribution < 1.29 is 9.53 Å². The molecule has 0 fully saturated rings. The first kappa shape index (κ1) is 10.8. The highest BCUT2D eigenvalue weighted by molar-refractivity contribution is 5.75. The molecule has 14 heavy (non-hydrogen) atoms. The largest absolute Gasteiger partial charge is 0.494 e. The van der Waals surface area contributed by atoms with Gasteiger partial charge in [-0.25, -0.2) is 0 Å². The maximum absolute atomic E-state index is 10.3. The molecule has 1 radical (unpaired) electrons. The van der Waals surface area contributed by atoms with Gasteiger partial charge >= 0.3 is 0 Å². The molecular formula is C12H15O2. The molecule has 0 N–H and O–H groups in total. The summed E-state index contributed by atoms with van der Waals surface area (Å²) in [5, 5.41) is 0. The van der Waals surface area contributed by atoms with Crippen LogP contribution in [0.1, 0.15) is 25.8 Å². The van der Waals surface area contributed by atoms with Crippen molar-refractivity contribution in [1.29, 1.82) is 0 Å². The van der Waals surface area contributed by atoms with Crippen LogP contribution in [0.3, 0.4) is 0 Å². The summed E-state index contributed by atoms with van der Waals surface area (Å²) < 4.78 is 5.49. The number of benzene rings is 1. The van der Waals surface area contributed by atoms with E-state index >= 15 is 0 Å². The average Bonchev–Trinajstić information content (AvgIpc) is 2.18. The molecule has 0 saturated heterocycles. The van der Waals surface area contributed by atoms with Crippen LogP contribution < -0.4 is 4.74 Å². The fraction of sp³-hybridized carbons (Fsp3) is 0.417. The van der Waals surface area contributed by atoms with Gasteiger partial charge in [-0.05, 0) is 36.6 Å². The molecule has 0 atom stereocenters. The van der Waals surface area contributed by atoms with Gasteiger partial charge in [0.05, 0.1) is 6.61 Å². The van der Waals surface area contributed by atoms with Crippen molar-refractivity contribution >= 4 is 6.29 Å². The smallest absolute Gasteiger partial charge is 0.233 e. The topological polar surface area (TPSA) is 26.3 Å². The molecule has 0 aliphatic rings. The predicted molar refractivity (Wildman–Crippen MR) is 56.2 cm³/mol. The second kappa shape index (κ2) is 5.43. The van der Waals surface area contributed by atoms with E-state index in [0.717, 1.165) is 18.8 Å². The van der Waals surface area contributed by atoms with E-state index in [9.17, 15) is 4.79 Å². The van der Waals surface area contributed by atoms with Crippen LogP contribution in [-0.2, 0) is 4.79 Å².